The second-order valence-corrected chi connectivity index (χ2v) is 8.83. The van der Waals surface area contributed by atoms with Crippen LogP contribution in [-0.2, 0) is 13.0 Å². The van der Waals surface area contributed by atoms with Crippen LogP contribution in [0.3, 0.4) is 0 Å². The number of carbonyl (C=O) groups excluding carboxylic acids is 1. The number of aromatic nitrogens is 2. The van der Waals surface area contributed by atoms with E-state index in [1.165, 1.54) is 0 Å². The molecule has 35 heavy (non-hydrogen) atoms. The number of furan rings is 1. The number of nitrogens with zero attached hydrogens (tertiary/aromatic N) is 3. The lowest BCUT2D eigenvalue weighted by molar-refractivity contribution is 0.0733. The lowest BCUT2D eigenvalue weighted by Gasteiger charge is -2.21. The molecule has 0 fully saturated rings. The largest absolute Gasteiger partial charge is 0.497 e. The van der Waals surface area contributed by atoms with Gasteiger partial charge in [-0.2, -0.15) is 0 Å². The van der Waals surface area contributed by atoms with E-state index in [1.807, 2.05) is 71.8 Å². The van der Waals surface area contributed by atoms with Gasteiger partial charge in [0, 0.05) is 41.4 Å². The van der Waals surface area contributed by atoms with Gasteiger partial charge < -0.3 is 18.8 Å². The number of hydrogen-bond donors (Lipinski definition) is 0. The third kappa shape index (κ3) is 4.79. The van der Waals surface area contributed by atoms with Crippen molar-refractivity contribution in [2.75, 3.05) is 20.8 Å². The zero-order chi connectivity index (χ0) is 24.2. The topological polar surface area (TPSA) is 69.2 Å². The number of amides is 1. The molecule has 0 unspecified atom stereocenters. The number of thiazole rings is 1. The third-order valence-corrected chi connectivity index (χ3v) is 6.73. The van der Waals surface area contributed by atoms with Crippen molar-refractivity contribution in [2.45, 2.75) is 13.0 Å². The Morgan fingerprint density at radius 3 is 2.69 bits per heavy atom. The first-order chi connectivity index (χ1) is 17.2. The molecular weight excluding hydrogens is 462 g/mol. The highest BCUT2D eigenvalue weighted by Crippen LogP contribution is 2.34. The van der Waals surface area contributed by atoms with Crippen molar-refractivity contribution in [1.29, 1.82) is 0 Å². The molecule has 178 valence electrons. The molecule has 5 rings (SSSR count). The summed E-state index contributed by atoms with van der Waals surface area (Å²) in [6.45, 7) is 0.945. The van der Waals surface area contributed by atoms with Crippen LogP contribution in [0.1, 0.15) is 21.8 Å². The molecule has 0 aliphatic carbocycles. The van der Waals surface area contributed by atoms with Crippen molar-refractivity contribution in [1.82, 2.24) is 14.3 Å². The molecule has 1 amide bonds. The summed E-state index contributed by atoms with van der Waals surface area (Å²) in [6, 6.07) is 18.7. The van der Waals surface area contributed by atoms with Crippen molar-refractivity contribution in [2.24, 2.45) is 0 Å². The van der Waals surface area contributed by atoms with E-state index in [0.717, 1.165) is 39.2 Å². The van der Waals surface area contributed by atoms with E-state index in [2.05, 4.69) is 9.78 Å². The summed E-state index contributed by atoms with van der Waals surface area (Å²) in [6.07, 6.45) is 4.31. The van der Waals surface area contributed by atoms with Gasteiger partial charge in [-0.1, -0.05) is 18.2 Å². The molecule has 0 aliphatic rings. The Kier molecular flexibility index (Phi) is 6.54. The van der Waals surface area contributed by atoms with Crippen LogP contribution in [0.2, 0.25) is 0 Å². The normalized spacial score (nSPS) is 11.0. The van der Waals surface area contributed by atoms with E-state index in [4.69, 9.17) is 18.9 Å². The molecule has 5 aromatic rings. The summed E-state index contributed by atoms with van der Waals surface area (Å²) in [7, 11) is 3.28. The molecular formula is C27H25N3O4S. The van der Waals surface area contributed by atoms with Crippen LogP contribution < -0.4 is 9.47 Å². The van der Waals surface area contributed by atoms with Crippen LogP contribution in [0, 0.1) is 0 Å². The summed E-state index contributed by atoms with van der Waals surface area (Å²) < 4.78 is 18.5. The highest BCUT2D eigenvalue weighted by atomic mass is 32.1. The summed E-state index contributed by atoms with van der Waals surface area (Å²) >= 11 is 1.57. The molecule has 0 saturated heterocycles. The SMILES string of the molecule is COc1ccc(OC)c(-c2cn3c(CCN(Cc4ccco4)C(=O)c4ccccc4)csc3n2)c1. The van der Waals surface area contributed by atoms with E-state index < -0.39 is 0 Å². The monoisotopic (exact) mass is 487 g/mol. The van der Waals surface area contributed by atoms with Crippen molar-refractivity contribution < 1.29 is 18.7 Å². The standard InChI is InChI=1S/C27H25N3O4S/c1-32-21-10-11-25(33-2)23(15-21)24-17-30-20(18-35-27(30)28-24)12-13-29(16-22-9-6-14-34-22)26(31)19-7-4-3-5-8-19/h3-11,14-15,17-18H,12-13,16H2,1-2H3. The van der Waals surface area contributed by atoms with Crippen molar-refractivity contribution in [3.63, 3.8) is 0 Å². The van der Waals surface area contributed by atoms with E-state index in [-0.39, 0.29) is 5.91 Å². The first kappa shape index (κ1) is 22.7. The minimum Gasteiger partial charge on any atom is -0.497 e. The zero-order valence-electron chi connectivity index (χ0n) is 19.5. The number of imidazole rings is 1. The summed E-state index contributed by atoms with van der Waals surface area (Å²) in [4.78, 5) is 20.8. The lowest BCUT2D eigenvalue weighted by Crippen LogP contribution is -2.32. The van der Waals surface area contributed by atoms with Crippen LogP contribution in [0.25, 0.3) is 16.2 Å². The Morgan fingerprint density at radius 2 is 1.94 bits per heavy atom. The van der Waals surface area contributed by atoms with Crippen LogP contribution in [0.15, 0.2) is 82.9 Å². The zero-order valence-corrected chi connectivity index (χ0v) is 20.3. The first-order valence-corrected chi connectivity index (χ1v) is 12.1. The molecule has 0 radical (unpaired) electrons. The number of benzene rings is 2. The molecule has 0 spiro atoms. The summed E-state index contributed by atoms with van der Waals surface area (Å²) in [5.74, 6) is 2.20. The van der Waals surface area contributed by atoms with Gasteiger partial charge in [0.2, 0.25) is 0 Å². The van der Waals surface area contributed by atoms with Gasteiger partial charge in [0.15, 0.2) is 4.96 Å². The molecule has 0 bridgehead atoms. The Hall–Kier alpha value is -4.04. The van der Waals surface area contributed by atoms with Gasteiger partial charge >= 0.3 is 0 Å². The van der Waals surface area contributed by atoms with Crippen LogP contribution in [0.5, 0.6) is 11.5 Å². The van der Waals surface area contributed by atoms with Crippen molar-refractivity contribution >= 4 is 22.2 Å². The first-order valence-electron chi connectivity index (χ1n) is 11.2. The fourth-order valence-corrected chi connectivity index (χ4v) is 4.92. The van der Waals surface area contributed by atoms with Gasteiger partial charge in [0.25, 0.3) is 5.91 Å². The number of carbonyl (C=O) groups is 1. The number of methoxy groups -OCH3 is 2. The predicted octanol–water partition coefficient (Wildman–Crippen LogP) is 5.56. The fraction of sp³-hybridized carbons (Fsp3) is 0.185. The van der Waals surface area contributed by atoms with E-state index in [0.29, 0.717) is 25.1 Å². The second kappa shape index (κ2) is 10.1. The molecule has 3 aromatic heterocycles. The van der Waals surface area contributed by atoms with Crippen LogP contribution in [0.4, 0.5) is 0 Å². The second-order valence-electron chi connectivity index (χ2n) is 7.99. The highest BCUT2D eigenvalue weighted by molar-refractivity contribution is 7.15. The Bertz CT molecular complexity index is 1420. The van der Waals surface area contributed by atoms with E-state index >= 15 is 0 Å². The number of hydrogen-bond acceptors (Lipinski definition) is 6. The fourth-order valence-electron chi connectivity index (χ4n) is 4.01. The Morgan fingerprint density at radius 1 is 1.09 bits per heavy atom. The maximum Gasteiger partial charge on any atom is 0.254 e. The molecule has 0 aliphatic heterocycles. The minimum atomic E-state index is -0.0269. The highest BCUT2D eigenvalue weighted by Gasteiger charge is 2.19. The molecule has 7 nitrogen and oxygen atoms in total. The average Bonchev–Trinajstić information content (AvgIpc) is 3.65. The van der Waals surface area contributed by atoms with E-state index in [9.17, 15) is 4.79 Å². The van der Waals surface area contributed by atoms with Crippen molar-refractivity contribution in [3.05, 3.63) is 95.5 Å². The number of rotatable bonds is 9. The van der Waals surface area contributed by atoms with Crippen molar-refractivity contribution in [3.8, 4) is 22.8 Å². The third-order valence-electron chi connectivity index (χ3n) is 5.84. The molecule has 0 atom stereocenters. The van der Waals surface area contributed by atoms with Gasteiger partial charge in [-0.3, -0.25) is 9.20 Å². The number of ether oxygens (including phenoxy) is 2. The summed E-state index contributed by atoms with van der Waals surface area (Å²) in [5.41, 5.74) is 3.41. The average molecular weight is 488 g/mol. The van der Waals surface area contributed by atoms with Gasteiger partial charge in [-0.15, -0.1) is 11.3 Å². The van der Waals surface area contributed by atoms with Crippen LogP contribution >= 0.6 is 11.3 Å². The number of fused-ring (bicyclic) bond motifs is 1. The minimum absolute atomic E-state index is 0.0269. The smallest absolute Gasteiger partial charge is 0.254 e. The predicted molar refractivity (Wildman–Crippen MR) is 135 cm³/mol. The lowest BCUT2D eigenvalue weighted by atomic mass is 10.1. The van der Waals surface area contributed by atoms with E-state index in [1.54, 1.807) is 31.8 Å². The summed E-state index contributed by atoms with van der Waals surface area (Å²) in [5, 5.41) is 2.09. The Labute approximate surface area is 207 Å². The Balaban J connectivity index is 1.40. The van der Waals surface area contributed by atoms with Crippen LogP contribution in [-0.4, -0.2) is 41.0 Å². The molecule has 8 heteroatoms. The van der Waals surface area contributed by atoms with Gasteiger partial charge in [-0.05, 0) is 42.5 Å². The molecule has 0 saturated carbocycles. The van der Waals surface area contributed by atoms with Gasteiger partial charge in [0.1, 0.15) is 17.3 Å². The maximum atomic E-state index is 13.3. The molecule has 2 aromatic carbocycles. The molecule has 0 N–H and O–H groups in total. The quantitative estimate of drug-likeness (QED) is 0.272. The van der Waals surface area contributed by atoms with Gasteiger partial charge in [0.05, 0.1) is 32.7 Å². The molecule has 3 heterocycles. The maximum absolute atomic E-state index is 13.3. The van der Waals surface area contributed by atoms with Gasteiger partial charge in [-0.25, -0.2) is 4.98 Å².